The topological polar surface area (TPSA) is 107 Å². The largest absolute Gasteiger partial charge is 0.490 e. The van der Waals surface area contributed by atoms with Gasteiger partial charge in [-0.05, 0) is 43.7 Å². The minimum absolute atomic E-state index is 0.198. The smallest absolute Gasteiger partial charge is 0.341 e. The molecule has 138 valence electrons. The van der Waals surface area contributed by atoms with Crippen LogP contribution in [0.15, 0.2) is 35.3 Å². The molecule has 1 heterocycles. The fraction of sp³-hybridized carbons (Fsp3) is 0.278. The summed E-state index contributed by atoms with van der Waals surface area (Å²) in [6.07, 6.45) is 1.62. The Balaban J connectivity index is 2.29. The number of carbonyl (C=O) groups excluding carboxylic acids is 1. The Morgan fingerprint density at radius 3 is 2.58 bits per heavy atom. The van der Waals surface area contributed by atoms with Crippen molar-refractivity contribution in [2.24, 2.45) is 7.05 Å². The van der Waals surface area contributed by atoms with Gasteiger partial charge in [-0.2, -0.15) is 0 Å². The van der Waals surface area contributed by atoms with E-state index in [1.54, 1.807) is 33.2 Å². The molecule has 8 nitrogen and oxygen atoms in total. The van der Waals surface area contributed by atoms with Gasteiger partial charge in [0.1, 0.15) is 5.69 Å². The van der Waals surface area contributed by atoms with Gasteiger partial charge in [-0.1, -0.05) is 0 Å². The van der Waals surface area contributed by atoms with Crippen molar-refractivity contribution in [1.82, 2.24) is 4.57 Å². The van der Waals surface area contributed by atoms with Gasteiger partial charge in [0.25, 0.3) is 11.5 Å². The average molecular weight is 360 g/mol. The molecule has 0 spiro atoms. The number of carboxylic acid groups (broad SMARTS) is 1. The van der Waals surface area contributed by atoms with E-state index >= 15 is 0 Å². The van der Waals surface area contributed by atoms with Crippen LogP contribution in [0.3, 0.4) is 0 Å². The molecule has 0 saturated heterocycles. The molecule has 0 atom stereocenters. The minimum atomic E-state index is -1.12. The summed E-state index contributed by atoms with van der Waals surface area (Å²) in [5.74, 6) is -1.14. The van der Waals surface area contributed by atoms with Crippen molar-refractivity contribution in [1.29, 1.82) is 0 Å². The predicted molar refractivity (Wildman–Crippen MR) is 95.1 cm³/mol. The lowest BCUT2D eigenvalue weighted by atomic mass is 10.1. The Bertz CT molecular complexity index is 888. The number of aromatic nitrogens is 1. The predicted octanol–water partition coefficient (Wildman–Crippen LogP) is 1.81. The SMILES string of the molecule is CCOc1cc(C(=O)Nc2c(C)ccn(C)c2=O)ccc1OCC(=O)O. The molecule has 0 aliphatic rings. The zero-order valence-corrected chi connectivity index (χ0v) is 14.7. The molecule has 0 radical (unpaired) electrons. The van der Waals surface area contributed by atoms with E-state index in [1.807, 2.05) is 0 Å². The molecule has 0 unspecified atom stereocenters. The molecule has 0 saturated carbocycles. The quantitative estimate of drug-likeness (QED) is 0.780. The number of rotatable bonds is 7. The first-order valence-electron chi connectivity index (χ1n) is 7.92. The fourth-order valence-corrected chi connectivity index (χ4v) is 2.23. The number of nitrogens with one attached hydrogen (secondary N) is 1. The van der Waals surface area contributed by atoms with E-state index in [-0.39, 0.29) is 28.3 Å². The molecule has 26 heavy (non-hydrogen) atoms. The Labute approximate surface area is 150 Å². The number of hydrogen-bond donors (Lipinski definition) is 2. The molecule has 0 aliphatic heterocycles. The molecule has 2 N–H and O–H groups in total. The Morgan fingerprint density at radius 1 is 1.19 bits per heavy atom. The number of ether oxygens (including phenoxy) is 2. The van der Waals surface area contributed by atoms with Crippen molar-refractivity contribution >= 4 is 17.6 Å². The Hall–Kier alpha value is -3.29. The Morgan fingerprint density at radius 2 is 1.92 bits per heavy atom. The normalized spacial score (nSPS) is 10.3. The standard InChI is InChI=1S/C18H20N2O6/c1-4-25-14-9-12(5-6-13(14)26-10-15(21)22)17(23)19-16-11(2)7-8-20(3)18(16)24/h5-9H,4,10H2,1-3H3,(H,19,23)(H,21,22). The van der Waals surface area contributed by atoms with Crippen LogP contribution in [-0.2, 0) is 11.8 Å². The molecule has 2 aromatic rings. The number of amides is 1. The van der Waals surface area contributed by atoms with Gasteiger partial charge < -0.3 is 24.5 Å². The minimum Gasteiger partial charge on any atom is -0.490 e. The van der Waals surface area contributed by atoms with Crippen molar-refractivity contribution in [3.63, 3.8) is 0 Å². The molecular formula is C18H20N2O6. The van der Waals surface area contributed by atoms with Crippen LogP contribution in [0.4, 0.5) is 5.69 Å². The highest BCUT2D eigenvalue weighted by atomic mass is 16.5. The highest BCUT2D eigenvalue weighted by molar-refractivity contribution is 6.05. The van der Waals surface area contributed by atoms with Crippen LogP contribution in [0.25, 0.3) is 0 Å². The van der Waals surface area contributed by atoms with Crippen LogP contribution in [0.2, 0.25) is 0 Å². The second kappa shape index (κ2) is 8.19. The van der Waals surface area contributed by atoms with E-state index < -0.39 is 18.5 Å². The van der Waals surface area contributed by atoms with Crippen LogP contribution < -0.4 is 20.3 Å². The van der Waals surface area contributed by atoms with Gasteiger partial charge in [-0.15, -0.1) is 0 Å². The van der Waals surface area contributed by atoms with Gasteiger partial charge in [-0.3, -0.25) is 9.59 Å². The summed E-state index contributed by atoms with van der Waals surface area (Å²) < 4.78 is 11.9. The maximum Gasteiger partial charge on any atom is 0.341 e. The van der Waals surface area contributed by atoms with Gasteiger partial charge in [-0.25, -0.2) is 4.79 Å². The lowest BCUT2D eigenvalue weighted by Crippen LogP contribution is -2.25. The zero-order valence-electron chi connectivity index (χ0n) is 14.7. The zero-order chi connectivity index (χ0) is 19.3. The van der Waals surface area contributed by atoms with Crippen LogP contribution in [0, 0.1) is 6.92 Å². The van der Waals surface area contributed by atoms with E-state index in [0.29, 0.717) is 12.2 Å². The third kappa shape index (κ3) is 4.41. The average Bonchev–Trinajstić information content (AvgIpc) is 2.60. The number of aliphatic carboxylic acids is 1. The first kappa shape index (κ1) is 19.0. The van der Waals surface area contributed by atoms with Crippen molar-refractivity contribution in [3.05, 3.63) is 51.9 Å². The summed E-state index contributed by atoms with van der Waals surface area (Å²) in [6.45, 7) is 3.27. The van der Waals surface area contributed by atoms with Gasteiger partial charge in [0.05, 0.1) is 6.61 Å². The number of pyridine rings is 1. The van der Waals surface area contributed by atoms with Crippen molar-refractivity contribution in [2.45, 2.75) is 13.8 Å². The highest BCUT2D eigenvalue weighted by Crippen LogP contribution is 2.29. The van der Waals surface area contributed by atoms with Gasteiger partial charge in [0, 0.05) is 18.8 Å². The molecule has 1 aromatic carbocycles. The molecule has 1 aromatic heterocycles. The van der Waals surface area contributed by atoms with Crippen LogP contribution in [0.5, 0.6) is 11.5 Å². The molecule has 0 bridgehead atoms. The first-order chi connectivity index (χ1) is 12.3. The summed E-state index contributed by atoms with van der Waals surface area (Å²) in [4.78, 5) is 35.3. The van der Waals surface area contributed by atoms with Crippen molar-refractivity contribution in [3.8, 4) is 11.5 Å². The van der Waals surface area contributed by atoms with E-state index in [1.165, 1.54) is 22.8 Å². The molecular weight excluding hydrogens is 340 g/mol. The lowest BCUT2D eigenvalue weighted by Gasteiger charge is -2.13. The number of benzene rings is 1. The highest BCUT2D eigenvalue weighted by Gasteiger charge is 2.15. The summed E-state index contributed by atoms with van der Waals surface area (Å²) in [5.41, 5.74) is 0.781. The van der Waals surface area contributed by atoms with E-state index in [0.717, 1.165) is 0 Å². The second-order valence-corrected chi connectivity index (χ2v) is 5.52. The number of carbonyl (C=O) groups is 2. The molecule has 1 amide bonds. The molecule has 2 rings (SSSR count). The third-order valence-corrected chi connectivity index (χ3v) is 3.57. The first-order valence-corrected chi connectivity index (χ1v) is 7.92. The number of hydrogen-bond acceptors (Lipinski definition) is 5. The van der Waals surface area contributed by atoms with Crippen molar-refractivity contribution in [2.75, 3.05) is 18.5 Å². The molecule has 8 heteroatoms. The van der Waals surface area contributed by atoms with E-state index in [2.05, 4.69) is 5.32 Å². The van der Waals surface area contributed by atoms with Gasteiger partial charge in [0.2, 0.25) is 0 Å². The summed E-state index contributed by atoms with van der Waals surface area (Å²) in [7, 11) is 1.60. The maximum absolute atomic E-state index is 12.5. The monoisotopic (exact) mass is 360 g/mol. The van der Waals surface area contributed by atoms with Gasteiger partial charge in [0.15, 0.2) is 18.1 Å². The van der Waals surface area contributed by atoms with Crippen LogP contribution in [0.1, 0.15) is 22.8 Å². The summed E-state index contributed by atoms with van der Waals surface area (Å²) in [5, 5.41) is 11.3. The molecule has 0 fully saturated rings. The summed E-state index contributed by atoms with van der Waals surface area (Å²) >= 11 is 0. The summed E-state index contributed by atoms with van der Waals surface area (Å²) in [6, 6.07) is 6.10. The number of nitrogens with zero attached hydrogens (tertiary/aromatic N) is 1. The van der Waals surface area contributed by atoms with Crippen LogP contribution in [-0.4, -0.2) is 34.8 Å². The van der Waals surface area contributed by atoms with Crippen LogP contribution >= 0.6 is 0 Å². The number of anilines is 1. The fourth-order valence-electron chi connectivity index (χ4n) is 2.23. The Kier molecular flexibility index (Phi) is 6.00. The van der Waals surface area contributed by atoms with Crippen molar-refractivity contribution < 1.29 is 24.2 Å². The number of aryl methyl sites for hydroxylation is 2. The number of carboxylic acids is 1. The van der Waals surface area contributed by atoms with E-state index in [4.69, 9.17) is 14.6 Å². The third-order valence-electron chi connectivity index (χ3n) is 3.57. The maximum atomic E-state index is 12.5. The second-order valence-electron chi connectivity index (χ2n) is 5.52. The van der Waals surface area contributed by atoms with Gasteiger partial charge >= 0.3 is 5.97 Å². The van der Waals surface area contributed by atoms with E-state index in [9.17, 15) is 14.4 Å². The molecule has 0 aliphatic carbocycles. The lowest BCUT2D eigenvalue weighted by molar-refractivity contribution is -0.139.